The van der Waals surface area contributed by atoms with Gasteiger partial charge in [0.05, 0.1) is 16.8 Å². The van der Waals surface area contributed by atoms with Crippen molar-refractivity contribution in [1.82, 2.24) is 15.3 Å². The summed E-state index contributed by atoms with van der Waals surface area (Å²) >= 11 is 1.58. The summed E-state index contributed by atoms with van der Waals surface area (Å²) in [6.45, 7) is 2.43. The maximum Gasteiger partial charge on any atom is 0.255 e. The van der Waals surface area contributed by atoms with Crippen molar-refractivity contribution in [3.05, 3.63) is 40.1 Å². The highest BCUT2D eigenvalue weighted by Gasteiger charge is 2.10. The maximum absolute atomic E-state index is 11.7. The molecular weight excluding hydrogens is 250 g/mol. The fraction of sp³-hybridized carbons (Fsp3) is 0.250. The molecule has 0 bridgehead atoms. The fourth-order valence-electron chi connectivity index (χ4n) is 1.47. The zero-order chi connectivity index (χ0) is 13.0. The van der Waals surface area contributed by atoms with E-state index in [0.717, 1.165) is 10.7 Å². The van der Waals surface area contributed by atoms with E-state index in [0.29, 0.717) is 13.0 Å². The van der Waals surface area contributed by atoms with Crippen LogP contribution in [-0.4, -0.2) is 27.5 Å². The van der Waals surface area contributed by atoms with Crippen molar-refractivity contribution in [3.8, 4) is 5.75 Å². The van der Waals surface area contributed by atoms with Gasteiger partial charge in [0.2, 0.25) is 0 Å². The molecule has 2 N–H and O–H groups in total. The molecule has 0 aliphatic carbocycles. The lowest BCUT2D eigenvalue weighted by atomic mass is 10.2. The third kappa shape index (κ3) is 3.04. The zero-order valence-electron chi connectivity index (χ0n) is 9.88. The molecule has 0 aromatic carbocycles. The minimum atomic E-state index is -0.303. The Morgan fingerprint density at radius 3 is 3.06 bits per heavy atom. The van der Waals surface area contributed by atoms with Gasteiger partial charge in [-0.1, -0.05) is 0 Å². The predicted molar refractivity (Wildman–Crippen MR) is 68.8 cm³/mol. The molecule has 2 heterocycles. The first-order valence-electron chi connectivity index (χ1n) is 5.49. The van der Waals surface area contributed by atoms with E-state index in [4.69, 9.17) is 0 Å². The highest BCUT2D eigenvalue weighted by molar-refractivity contribution is 7.09. The lowest BCUT2D eigenvalue weighted by Gasteiger charge is -2.05. The summed E-state index contributed by atoms with van der Waals surface area (Å²) in [5.74, 6) is -0.414. The number of aryl methyl sites for hydroxylation is 1. The van der Waals surface area contributed by atoms with E-state index in [1.807, 2.05) is 12.3 Å². The average molecular weight is 263 g/mol. The molecule has 0 aliphatic rings. The molecule has 0 saturated heterocycles. The number of pyridine rings is 1. The van der Waals surface area contributed by atoms with Gasteiger partial charge in [-0.15, -0.1) is 11.3 Å². The third-order valence-electron chi connectivity index (χ3n) is 2.34. The van der Waals surface area contributed by atoms with Crippen molar-refractivity contribution < 1.29 is 9.90 Å². The van der Waals surface area contributed by atoms with Crippen LogP contribution in [0.5, 0.6) is 5.75 Å². The van der Waals surface area contributed by atoms with E-state index in [1.165, 1.54) is 18.5 Å². The molecule has 6 heteroatoms. The molecule has 0 fully saturated rings. The lowest BCUT2D eigenvalue weighted by molar-refractivity contribution is 0.0951. The Morgan fingerprint density at radius 1 is 1.56 bits per heavy atom. The lowest BCUT2D eigenvalue weighted by Crippen LogP contribution is -2.25. The van der Waals surface area contributed by atoms with E-state index in [2.05, 4.69) is 15.3 Å². The van der Waals surface area contributed by atoms with Crippen LogP contribution in [0.4, 0.5) is 0 Å². The minimum absolute atomic E-state index is 0.111. The standard InChI is InChI=1S/C12H13N3O2S/c1-8-7-18-11(15-8)3-5-14-12(17)9-2-4-13-6-10(9)16/h2,4,6-7,16H,3,5H2,1H3,(H,14,17). The van der Waals surface area contributed by atoms with Crippen LogP contribution in [-0.2, 0) is 6.42 Å². The number of hydrogen-bond donors (Lipinski definition) is 2. The van der Waals surface area contributed by atoms with Gasteiger partial charge in [-0.25, -0.2) is 4.98 Å². The molecule has 5 nitrogen and oxygen atoms in total. The molecule has 0 unspecified atom stereocenters. The monoisotopic (exact) mass is 263 g/mol. The quantitative estimate of drug-likeness (QED) is 0.877. The van der Waals surface area contributed by atoms with Gasteiger partial charge < -0.3 is 10.4 Å². The van der Waals surface area contributed by atoms with Gasteiger partial charge in [0.25, 0.3) is 5.91 Å². The van der Waals surface area contributed by atoms with Gasteiger partial charge >= 0.3 is 0 Å². The van der Waals surface area contributed by atoms with Gasteiger partial charge in [-0.3, -0.25) is 9.78 Å². The van der Waals surface area contributed by atoms with Crippen LogP contribution >= 0.6 is 11.3 Å². The highest BCUT2D eigenvalue weighted by atomic mass is 32.1. The third-order valence-corrected chi connectivity index (χ3v) is 3.36. The Kier molecular flexibility index (Phi) is 3.88. The minimum Gasteiger partial charge on any atom is -0.505 e. The number of carbonyl (C=O) groups is 1. The number of nitrogens with one attached hydrogen (secondary N) is 1. The van der Waals surface area contributed by atoms with E-state index >= 15 is 0 Å². The number of amides is 1. The number of hydrogen-bond acceptors (Lipinski definition) is 5. The van der Waals surface area contributed by atoms with Gasteiger partial charge in [0.1, 0.15) is 5.75 Å². The van der Waals surface area contributed by atoms with Crippen molar-refractivity contribution in [2.45, 2.75) is 13.3 Å². The van der Waals surface area contributed by atoms with Crippen molar-refractivity contribution in [1.29, 1.82) is 0 Å². The van der Waals surface area contributed by atoms with Crippen LogP contribution in [0.2, 0.25) is 0 Å². The molecule has 0 spiro atoms. The summed E-state index contributed by atoms with van der Waals surface area (Å²) in [6, 6.07) is 1.48. The van der Waals surface area contributed by atoms with E-state index in [-0.39, 0.29) is 17.2 Å². The number of nitrogens with zero attached hydrogens (tertiary/aromatic N) is 2. The summed E-state index contributed by atoms with van der Waals surface area (Å²) < 4.78 is 0. The summed E-state index contributed by atoms with van der Waals surface area (Å²) in [5.41, 5.74) is 1.23. The van der Waals surface area contributed by atoms with Crippen molar-refractivity contribution in [3.63, 3.8) is 0 Å². The average Bonchev–Trinajstić information content (AvgIpc) is 2.75. The van der Waals surface area contributed by atoms with Crippen LogP contribution in [0.25, 0.3) is 0 Å². The molecule has 2 aromatic rings. The van der Waals surface area contributed by atoms with Gasteiger partial charge in [0, 0.05) is 30.2 Å². The van der Waals surface area contributed by atoms with E-state index in [9.17, 15) is 9.90 Å². The maximum atomic E-state index is 11.7. The van der Waals surface area contributed by atoms with E-state index < -0.39 is 0 Å². The first kappa shape index (κ1) is 12.5. The smallest absolute Gasteiger partial charge is 0.255 e. The van der Waals surface area contributed by atoms with Crippen molar-refractivity contribution >= 4 is 17.2 Å². The van der Waals surface area contributed by atoms with Crippen LogP contribution in [0.15, 0.2) is 23.8 Å². The Bertz CT molecular complexity index is 554. The molecule has 0 aliphatic heterocycles. The molecule has 94 valence electrons. The fourth-order valence-corrected chi connectivity index (χ4v) is 2.25. The van der Waals surface area contributed by atoms with Gasteiger partial charge in [-0.05, 0) is 13.0 Å². The van der Waals surface area contributed by atoms with Gasteiger partial charge in [0.15, 0.2) is 0 Å². The first-order chi connectivity index (χ1) is 8.66. The summed E-state index contributed by atoms with van der Waals surface area (Å²) in [4.78, 5) is 19.8. The van der Waals surface area contributed by atoms with E-state index in [1.54, 1.807) is 11.3 Å². The second-order valence-corrected chi connectivity index (χ2v) is 4.72. The number of aromatic hydroxyl groups is 1. The summed E-state index contributed by atoms with van der Waals surface area (Å²) in [7, 11) is 0. The molecule has 2 rings (SSSR count). The number of thiazole rings is 1. The molecule has 18 heavy (non-hydrogen) atoms. The van der Waals surface area contributed by atoms with Crippen LogP contribution in [0.1, 0.15) is 21.1 Å². The largest absolute Gasteiger partial charge is 0.505 e. The van der Waals surface area contributed by atoms with Crippen molar-refractivity contribution in [2.75, 3.05) is 6.54 Å². The summed E-state index contributed by atoms with van der Waals surface area (Å²) in [5, 5.41) is 15.2. The highest BCUT2D eigenvalue weighted by Crippen LogP contribution is 2.13. The molecular formula is C12H13N3O2S. The molecule has 0 atom stereocenters. The second kappa shape index (κ2) is 5.59. The Hall–Kier alpha value is -1.95. The van der Waals surface area contributed by atoms with Crippen LogP contribution in [0.3, 0.4) is 0 Å². The van der Waals surface area contributed by atoms with Crippen molar-refractivity contribution in [2.24, 2.45) is 0 Å². The predicted octanol–water partition coefficient (Wildman–Crippen LogP) is 1.52. The zero-order valence-corrected chi connectivity index (χ0v) is 10.7. The Balaban J connectivity index is 1.87. The molecule has 0 saturated carbocycles. The molecule has 1 amide bonds. The van der Waals surface area contributed by atoms with Crippen LogP contribution in [0, 0.1) is 6.92 Å². The van der Waals surface area contributed by atoms with Gasteiger partial charge in [-0.2, -0.15) is 0 Å². The number of rotatable bonds is 4. The topological polar surface area (TPSA) is 75.1 Å². The Morgan fingerprint density at radius 2 is 2.39 bits per heavy atom. The Labute approximate surface area is 109 Å². The normalized spacial score (nSPS) is 10.3. The first-order valence-corrected chi connectivity index (χ1v) is 6.37. The molecule has 0 radical (unpaired) electrons. The SMILES string of the molecule is Cc1csc(CCNC(=O)c2ccncc2O)n1. The molecule has 2 aromatic heterocycles. The number of carbonyl (C=O) groups excluding carboxylic acids is 1. The van der Waals surface area contributed by atoms with Crippen LogP contribution < -0.4 is 5.32 Å². The number of aromatic nitrogens is 2. The second-order valence-electron chi connectivity index (χ2n) is 3.78. The summed E-state index contributed by atoms with van der Waals surface area (Å²) in [6.07, 6.45) is 3.41.